The van der Waals surface area contributed by atoms with Crippen molar-refractivity contribution in [2.75, 3.05) is 5.32 Å². The van der Waals surface area contributed by atoms with Gasteiger partial charge in [-0.25, -0.2) is 9.97 Å². The van der Waals surface area contributed by atoms with Gasteiger partial charge in [-0.2, -0.15) is 0 Å². The molecule has 0 fully saturated rings. The van der Waals surface area contributed by atoms with Crippen LogP contribution in [0.4, 0.5) is 5.82 Å². The van der Waals surface area contributed by atoms with Crippen LogP contribution in [0.5, 0.6) is 0 Å². The Bertz CT molecular complexity index is 511. The standard InChI is InChI=1S/C15H20N4/c1-4-13(12-5-7-16-8-6-12)19-15-9-14(11(2)3)17-10-18-15/h5-11,13H,4H2,1-3H3,(H,17,18,19)/t13-/m0/s1. The number of rotatable bonds is 5. The third-order valence-electron chi connectivity index (χ3n) is 3.12. The van der Waals surface area contributed by atoms with Gasteiger partial charge in [0, 0.05) is 24.2 Å². The molecule has 4 nitrogen and oxygen atoms in total. The summed E-state index contributed by atoms with van der Waals surface area (Å²) in [5.41, 5.74) is 2.28. The van der Waals surface area contributed by atoms with Crippen LogP contribution in [0.15, 0.2) is 36.9 Å². The third-order valence-corrected chi connectivity index (χ3v) is 3.12. The average Bonchev–Trinajstić information content (AvgIpc) is 2.46. The number of nitrogens with one attached hydrogen (secondary N) is 1. The largest absolute Gasteiger partial charge is 0.363 e. The Morgan fingerprint density at radius 3 is 2.53 bits per heavy atom. The molecule has 4 heteroatoms. The van der Waals surface area contributed by atoms with Gasteiger partial charge in [0.1, 0.15) is 12.1 Å². The van der Waals surface area contributed by atoms with Crippen LogP contribution in [-0.4, -0.2) is 15.0 Å². The van der Waals surface area contributed by atoms with Gasteiger partial charge in [-0.3, -0.25) is 4.98 Å². The molecule has 0 radical (unpaired) electrons. The summed E-state index contributed by atoms with van der Waals surface area (Å²) >= 11 is 0. The number of pyridine rings is 1. The highest BCUT2D eigenvalue weighted by Crippen LogP contribution is 2.22. The van der Waals surface area contributed by atoms with Crippen LogP contribution in [0, 0.1) is 0 Å². The van der Waals surface area contributed by atoms with Crippen LogP contribution in [0.3, 0.4) is 0 Å². The third kappa shape index (κ3) is 3.50. The smallest absolute Gasteiger partial charge is 0.130 e. The fourth-order valence-corrected chi connectivity index (χ4v) is 1.96. The van der Waals surface area contributed by atoms with Gasteiger partial charge in [-0.05, 0) is 30.0 Å². The molecule has 0 spiro atoms. The van der Waals surface area contributed by atoms with Crippen LogP contribution in [0.1, 0.15) is 50.4 Å². The molecule has 2 aromatic rings. The molecule has 1 N–H and O–H groups in total. The van der Waals surface area contributed by atoms with E-state index in [2.05, 4.69) is 41.0 Å². The fraction of sp³-hybridized carbons (Fsp3) is 0.400. The Balaban J connectivity index is 2.17. The van der Waals surface area contributed by atoms with Gasteiger partial charge < -0.3 is 5.32 Å². The molecule has 0 unspecified atom stereocenters. The molecule has 0 saturated carbocycles. The lowest BCUT2D eigenvalue weighted by atomic mass is 10.1. The second kappa shape index (κ2) is 6.27. The minimum atomic E-state index is 0.248. The van der Waals surface area contributed by atoms with E-state index in [-0.39, 0.29) is 6.04 Å². The molecular weight excluding hydrogens is 236 g/mol. The molecule has 2 rings (SSSR count). The molecule has 0 aromatic carbocycles. The summed E-state index contributed by atoms with van der Waals surface area (Å²) in [6.45, 7) is 6.42. The van der Waals surface area contributed by atoms with Gasteiger partial charge in [0.05, 0.1) is 6.04 Å². The zero-order valence-electron chi connectivity index (χ0n) is 11.7. The van der Waals surface area contributed by atoms with Crippen LogP contribution in [-0.2, 0) is 0 Å². The van der Waals surface area contributed by atoms with Crippen LogP contribution >= 0.6 is 0 Å². The van der Waals surface area contributed by atoms with Crippen LogP contribution < -0.4 is 5.32 Å². The summed E-state index contributed by atoms with van der Waals surface area (Å²) in [7, 11) is 0. The minimum Gasteiger partial charge on any atom is -0.363 e. The monoisotopic (exact) mass is 256 g/mol. The first-order chi connectivity index (χ1) is 9.20. The lowest BCUT2D eigenvalue weighted by Crippen LogP contribution is -2.11. The molecule has 0 aliphatic rings. The van der Waals surface area contributed by atoms with E-state index in [1.54, 1.807) is 6.33 Å². The Morgan fingerprint density at radius 2 is 1.89 bits per heavy atom. The van der Waals surface area contributed by atoms with Gasteiger partial charge in [0.25, 0.3) is 0 Å². The second-order valence-electron chi connectivity index (χ2n) is 4.87. The van der Waals surface area contributed by atoms with Crippen molar-refractivity contribution in [3.05, 3.63) is 48.2 Å². The van der Waals surface area contributed by atoms with Crippen molar-refractivity contribution in [2.24, 2.45) is 0 Å². The van der Waals surface area contributed by atoms with Gasteiger partial charge in [0.2, 0.25) is 0 Å². The molecule has 2 aromatic heterocycles. The van der Waals surface area contributed by atoms with E-state index < -0.39 is 0 Å². The topological polar surface area (TPSA) is 50.7 Å². The lowest BCUT2D eigenvalue weighted by Gasteiger charge is -2.18. The zero-order valence-corrected chi connectivity index (χ0v) is 11.7. The zero-order chi connectivity index (χ0) is 13.7. The van der Waals surface area contributed by atoms with Gasteiger partial charge in [0.15, 0.2) is 0 Å². The summed E-state index contributed by atoms with van der Waals surface area (Å²) in [4.78, 5) is 12.6. The maximum absolute atomic E-state index is 4.30. The normalized spacial score (nSPS) is 12.4. The quantitative estimate of drug-likeness (QED) is 0.888. The fourth-order valence-electron chi connectivity index (χ4n) is 1.96. The predicted molar refractivity (Wildman–Crippen MR) is 77.0 cm³/mol. The maximum Gasteiger partial charge on any atom is 0.130 e. The van der Waals surface area contributed by atoms with Crippen molar-refractivity contribution in [1.29, 1.82) is 0 Å². The molecule has 0 amide bonds. The highest BCUT2D eigenvalue weighted by Gasteiger charge is 2.10. The molecule has 100 valence electrons. The maximum atomic E-state index is 4.30. The summed E-state index contributed by atoms with van der Waals surface area (Å²) in [5, 5.41) is 3.46. The van der Waals surface area contributed by atoms with Crippen LogP contribution in [0.25, 0.3) is 0 Å². The highest BCUT2D eigenvalue weighted by atomic mass is 15.0. The van der Waals surface area contributed by atoms with Crippen molar-refractivity contribution in [3.63, 3.8) is 0 Å². The Labute approximate surface area is 114 Å². The van der Waals surface area contributed by atoms with E-state index in [1.165, 1.54) is 5.56 Å². The molecule has 19 heavy (non-hydrogen) atoms. The van der Waals surface area contributed by atoms with E-state index in [0.29, 0.717) is 5.92 Å². The number of anilines is 1. The lowest BCUT2D eigenvalue weighted by molar-refractivity contribution is 0.738. The number of nitrogens with zero attached hydrogens (tertiary/aromatic N) is 3. The van der Waals surface area contributed by atoms with Gasteiger partial charge in [-0.1, -0.05) is 20.8 Å². The molecule has 0 bridgehead atoms. The first kappa shape index (κ1) is 13.5. The SMILES string of the molecule is CC[C@H](Nc1cc(C(C)C)ncn1)c1ccncc1. The molecule has 1 atom stereocenters. The van der Waals surface area contributed by atoms with E-state index in [9.17, 15) is 0 Å². The number of hydrogen-bond acceptors (Lipinski definition) is 4. The number of aromatic nitrogens is 3. The molecular formula is C15H20N4. The minimum absolute atomic E-state index is 0.248. The van der Waals surface area contributed by atoms with E-state index in [4.69, 9.17) is 0 Å². The van der Waals surface area contributed by atoms with E-state index in [1.807, 2.05) is 30.6 Å². The molecule has 0 saturated heterocycles. The molecule has 2 heterocycles. The van der Waals surface area contributed by atoms with Crippen molar-refractivity contribution in [2.45, 2.75) is 39.2 Å². The summed E-state index contributed by atoms with van der Waals surface area (Å²) in [6, 6.07) is 6.34. The highest BCUT2D eigenvalue weighted by molar-refractivity contribution is 5.39. The average molecular weight is 256 g/mol. The van der Waals surface area contributed by atoms with Crippen molar-refractivity contribution in [1.82, 2.24) is 15.0 Å². The summed E-state index contributed by atoms with van der Waals surface area (Å²) in [6.07, 6.45) is 6.25. The van der Waals surface area contributed by atoms with Crippen LogP contribution in [0.2, 0.25) is 0 Å². The van der Waals surface area contributed by atoms with Crippen molar-refractivity contribution < 1.29 is 0 Å². The predicted octanol–water partition coefficient (Wildman–Crippen LogP) is 3.56. The van der Waals surface area contributed by atoms with E-state index in [0.717, 1.165) is 17.9 Å². The first-order valence-corrected chi connectivity index (χ1v) is 6.69. The van der Waals surface area contributed by atoms with Crippen molar-refractivity contribution in [3.8, 4) is 0 Å². The summed E-state index contributed by atoms with van der Waals surface area (Å²) < 4.78 is 0. The molecule has 0 aliphatic carbocycles. The van der Waals surface area contributed by atoms with Gasteiger partial charge >= 0.3 is 0 Å². The first-order valence-electron chi connectivity index (χ1n) is 6.69. The molecule has 0 aliphatic heterocycles. The van der Waals surface area contributed by atoms with E-state index >= 15 is 0 Å². The second-order valence-corrected chi connectivity index (χ2v) is 4.87. The Kier molecular flexibility index (Phi) is 4.44. The Morgan fingerprint density at radius 1 is 1.16 bits per heavy atom. The van der Waals surface area contributed by atoms with Gasteiger partial charge in [-0.15, -0.1) is 0 Å². The number of hydrogen-bond donors (Lipinski definition) is 1. The summed E-state index contributed by atoms with van der Waals surface area (Å²) in [5.74, 6) is 1.28. The van der Waals surface area contributed by atoms with Crippen molar-refractivity contribution >= 4 is 5.82 Å². The Hall–Kier alpha value is -1.97.